The van der Waals surface area contributed by atoms with Crippen LogP contribution in [0.15, 0.2) is 18.2 Å². The highest BCUT2D eigenvalue weighted by atomic mass is 16.5. The second-order valence-corrected chi connectivity index (χ2v) is 11.8. The molecule has 1 N–H and O–H groups in total. The summed E-state index contributed by atoms with van der Waals surface area (Å²) in [4.78, 5) is 31.2. The van der Waals surface area contributed by atoms with Crippen molar-refractivity contribution < 1.29 is 28.5 Å². The van der Waals surface area contributed by atoms with Gasteiger partial charge in [0.15, 0.2) is 11.5 Å². The fourth-order valence-corrected chi connectivity index (χ4v) is 5.84. The predicted octanol–water partition coefficient (Wildman–Crippen LogP) is 3.75. The highest BCUT2D eigenvalue weighted by Crippen LogP contribution is 2.33. The smallest absolute Gasteiger partial charge is 0.254 e. The number of methoxy groups -OCH3 is 2. The molecule has 3 aliphatic rings. The minimum atomic E-state index is -0.0189. The Kier molecular flexibility index (Phi) is 11.5. The van der Waals surface area contributed by atoms with E-state index in [0.29, 0.717) is 55.2 Å². The molecule has 0 unspecified atom stereocenters. The average Bonchev–Trinajstić information content (AvgIpc) is 3.71. The van der Waals surface area contributed by atoms with Crippen molar-refractivity contribution in [2.24, 2.45) is 11.8 Å². The SMILES string of the molecule is COCCCOc1cc(C(=O)N(C[C@@H]2CNC[C@H]2CN(C(=O)C[C@H]2CCCCO2)C2CC2)C(C)C)ccc1OC. The van der Waals surface area contributed by atoms with E-state index in [0.717, 1.165) is 64.8 Å². The molecule has 9 nitrogen and oxygen atoms in total. The third kappa shape index (κ3) is 8.33. The third-order valence-electron chi connectivity index (χ3n) is 8.37. The van der Waals surface area contributed by atoms with Gasteiger partial charge in [-0.05, 0) is 76.0 Å². The molecule has 9 heteroatoms. The Morgan fingerprint density at radius 1 is 1.02 bits per heavy atom. The summed E-state index contributed by atoms with van der Waals surface area (Å²) in [6, 6.07) is 5.79. The number of rotatable bonds is 15. The number of nitrogens with one attached hydrogen (secondary N) is 1. The lowest BCUT2D eigenvalue weighted by Crippen LogP contribution is -2.45. The maximum Gasteiger partial charge on any atom is 0.254 e. The number of hydrogen-bond acceptors (Lipinski definition) is 7. The molecular weight excluding hydrogens is 510 g/mol. The first kappa shape index (κ1) is 30.6. The van der Waals surface area contributed by atoms with E-state index in [1.165, 1.54) is 0 Å². The molecule has 40 heavy (non-hydrogen) atoms. The third-order valence-corrected chi connectivity index (χ3v) is 8.37. The van der Waals surface area contributed by atoms with Gasteiger partial charge in [0.25, 0.3) is 5.91 Å². The first-order valence-corrected chi connectivity index (χ1v) is 15.1. The van der Waals surface area contributed by atoms with Gasteiger partial charge in [0, 0.05) is 70.6 Å². The molecule has 224 valence electrons. The fraction of sp³-hybridized carbons (Fsp3) is 0.742. The zero-order valence-electron chi connectivity index (χ0n) is 24.9. The van der Waals surface area contributed by atoms with Gasteiger partial charge >= 0.3 is 0 Å². The van der Waals surface area contributed by atoms with Crippen molar-refractivity contribution in [3.8, 4) is 11.5 Å². The minimum absolute atomic E-state index is 0.0189. The van der Waals surface area contributed by atoms with E-state index in [4.69, 9.17) is 18.9 Å². The Morgan fingerprint density at radius 2 is 1.80 bits per heavy atom. The van der Waals surface area contributed by atoms with Crippen LogP contribution in [0.3, 0.4) is 0 Å². The summed E-state index contributed by atoms with van der Waals surface area (Å²) >= 11 is 0. The monoisotopic (exact) mass is 559 g/mol. The Balaban J connectivity index is 1.40. The van der Waals surface area contributed by atoms with Crippen LogP contribution in [-0.4, -0.2) is 100 Å². The van der Waals surface area contributed by atoms with Crippen LogP contribution in [0.1, 0.15) is 69.2 Å². The van der Waals surface area contributed by atoms with E-state index in [1.54, 1.807) is 26.4 Å². The molecule has 3 atom stereocenters. The zero-order valence-corrected chi connectivity index (χ0v) is 24.9. The number of ether oxygens (including phenoxy) is 4. The molecule has 2 heterocycles. The molecule has 0 aromatic heterocycles. The van der Waals surface area contributed by atoms with Gasteiger partial charge in [-0.2, -0.15) is 0 Å². The molecule has 0 spiro atoms. The number of carbonyl (C=O) groups is 2. The first-order chi connectivity index (χ1) is 19.4. The van der Waals surface area contributed by atoms with Gasteiger partial charge in [0.2, 0.25) is 5.91 Å². The van der Waals surface area contributed by atoms with Gasteiger partial charge in [-0.1, -0.05) is 0 Å². The molecule has 0 radical (unpaired) electrons. The zero-order chi connectivity index (χ0) is 28.5. The predicted molar refractivity (Wildman–Crippen MR) is 154 cm³/mol. The van der Waals surface area contributed by atoms with Crippen molar-refractivity contribution >= 4 is 11.8 Å². The second-order valence-electron chi connectivity index (χ2n) is 11.8. The summed E-state index contributed by atoms with van der Waals surface area (Å²) in [5, 5.41) is 3.54. The maximum atomic E-state index is 13.8. The Hall–Kier alpha value is -2.36. The number of nitrogens with zero attached hydrogens (tertiary/aromatic N) is 2. The van der Waals surface area contributed by atoms with Gasteiger partial charge in [0.1, 0.15) is 0 Å². The molecule has 1 saturated carbocycles. The Labute approximate surface area is 239 Å². The van der Waals surface area contributed by atoms with E-state index < -0.39 is 0 Å². The largest absolute Gasteiger partial charge is 0.493 e. The van der Waals surface area contributed by atoms with Crippen molar-refractivity contribution in [3.63, 3.8) is 0 Å². The van der Waals surface area contributed by atoms with E-state index in [-0.39, 0.29) is 29.9 Å². The van der Waals surface area contributed by atoms with Gasteiger partial charge in [-0.25, -0.2) is 0 Å². The molecule has 1 aromatic rings. The number of carbonyl (C=O) groups excluding carboxylic acids is 2. The van der Waals surface area contributed by atoms with Crippen LogP contribution in [0.2, 0.25) is 0 Å². The van der Waals surface area contributed by atoms with E-state index in [1.807, 2.05) is 11.0 Å². The van der Waals surface area contributed by atoms with Crippen LogP contribution >= 0.6 is 0 Å². The number of hydrogen-bond donors (Lipinski definition) is 1. The van der Waals surface area contributed by atoms with Crippen LogP contribution in [0.25, 0.3) is 0 Å². The van der Waals surface area contributed by atoms with Crippen LogP contribution in [-0.2, 0) is 14.3 Å². The van der Waals surface area contributed by atoms with E-state index in [9.17, 15) is 9.59 Å². The molecule has 2 aliphatic heterocycles. The summed E-state index contributed by atoms with van der Waals surface area (Å²) < 4.78 is 22.4. The van der Waals surface area contributed by atoms with Crippen LogP contribution < -0.4 is 14.8 Å². The van der Waals surface area contributed by atoms with Gasteiger partial charge in [0.05, 0.1) is 26.2 Å². The van der Waals surface area contributed by atoms with Crippen molar-refractivity contribution in [3.05, 3.63) is 23.8 Å². The highest BCUT2D eigenvalue weighted by molar-refractivity contribution is 5.95. The fourth-order valence-electron chi connectivity index (χ4n) is 5.84. The molecule has 1 aromatic carbocycles. The summed E-state index contributed by atoms with van der Waals surface area (Å²) in [7, 11) is 3.27. The van der Waals surface area contributed by atoms with E-state index >= 15 is 0 Å². The van der Waals surface area contributed by atoms with Gasteiger partial charge in [-0.15, -0.1) is 0 Å². The highest BCUT2D eigenvalue weighted by Gasteiger charge is 2.39. The summed E-state index contributed by atoms with van der Waals surface area (Å²) in [6.45, 7) is 9.07. The van der Waals surface area contributed by atoms with Crippen molar-refractivity contribution in [1.82, 2.24) is 15.1 Å². The summed E-state index contributed by atoms with van der Waals surface area (Å²) in [6.07, 6.45) is 6.70. The molecule has 3 fully saturated rings. The molecule has 1 aliphatic carbocycles. The van der Waals surface area contributed by atoms with Crippen LogP contribution in [0, 0.1) is 11.8 Å². The second kappa shape index (κ2) is 15.0. The molecule has 4 rings (SSSR count). The van der Waals surface area contributed by atoms with E-state index in [2.05, 4.69) is 24.1 Å². The normalized spacial score (nSPS) is 22.8. The average molecular weight is 560 g/mol. The molecule has 2 saturated heterocycles. The lowest BCUT2D eigenvalue weighted by atomic mass is 9.93. The molecule has 0 bridgehead atoms. The Morgan fingerprint density at radius 3 is 2.45 bits per heavy atom. The number of amides is 2. The van der Waals surface area contributed by atoms with Crippen LogP contribution in [0.5, 0.6) is 11.5 Å². The lowest BCUT2D eigenvalue weighted by molar-refractivity contribution is -0.136. The van der Waals surface area contributed by atoms with Crippen molar-refractivity contribution in [1.29, 1.82) is 0 Å². The standard InChI is InChI=1S/C31H49N3O6/c1-22(2)33(31(36)23-9-12-28(38-4)29(16-23)40-15-7-13-37-3)20-24-18-32-19-25(24)21-34(26-10-11-26)30(35)17-27-8-5-6-14-39-27/h9,12,16,22,24-27,32H,5-8,10-11,13-15,17-21H2,1-4H3/t24-,25-,27+/m0/s1. The van der Waals surface area contributed by atoms with Gasteiger partial charge < -0.3 is 34.1 Å². The lowest BCUT2D eigenvalue weighted by Gasteiger charge is -2.34. The minimum Gasteiger partial charge on any atom is -0.493 e. The van der Waals surface area contributed by atoms with Crippen molar-refractivity contribution in [2.45, 2.75) is 77.0 Å². The summed E-state index contributed by atoms with van der Waals surface area (Å²) in [5.74, 6) is 1.96. The first-order valence-electron chi connectivity index (χ1n) is 15.1. The summed E-state index contributed by atoms with van der Waals surface area (Å²) in [5.41, 5.74) is 0.584. The quantitative estimate of drug-likeness (QED) is 0.328. The topological polar surface area (TPSA) is 89.6 Å². The van der Waals surface area contributed by atoms with Crippen molar-refractivity contribution in [2.75, 3.05) is 60.2 Å². The Bertz CT molecular complexity index is 962. The van der Waals surface area contributed by atoms with Crippen LogP contribution in [0.4, 0.5) is 0 Å². The molecule has 2 amide bonds. The number of benzene rings is 1. The maximum absolute atomic E-state index is 13.8. The van der Waals surface area contributed by atoms with Gasteiger partial charge in [-0.3, -0.25) is 9.59 Å². The molecular formula is C31H49N3O6.